The van der Waals surface area contributed by atoms with Gasteiger partial charge in [0.05, 0.1) is 24.8 Å². The van der Waals surface area contributed by atoms with Gasteiger partial charge < -0.3 is 9.84 Å². The number of rotatable bonds is 5. The van der Waals surface area contributed by atoms with Crippen molar-refractivity contribution in [3.8, 4) is 0 Å². The molecule has 0 aliphatic heterocycles. The lowest BCUT2D eigenvalue weighted by molar-refractivity contribution is 0.0197. The topological polar surface area (TPSA) is 29.5 Å². The molecule has 1 N–H and O–H groups in total. The number of hydrogen-bond donors (Lipinski definition) is 1. The van der Waals surface area contributed by atoms with E-state index < -0.39 is 5.82 Å². The minimum Gasteiger partial charge on any atom is -0.396 e. The minimum atomic E-state index is -0.441. The lowest BCUT2D eigenvalue weighted by atomic mass is 9.97. The SMILES string of the molecule is CC(C)(CO)COCc1ccc(Cl)c(F)c1. The van der Waals surface area contributed by atoms with Crippen molar-refractivity contribution in [1.82, 2.24) is 0 Å². The number of halogens is 2. The van der Waals surface area contributed by atoms with E-state index in [-0.39, 0.29) is 17.0 Å². The second-order valence-corrected chi connectivity index (χ2v) is 4.97. The fraction of sp³-hybridized carbons (Fsp3) is 0.500. The fourth-order valence-electron chi connectivity index (χ4n) is 1.12. The molecule has 0 bridgehead atoms. The second-order valence-electron chi connectivity index (χ2n) is 4.56. The Morgan fingerprint density at radius 2 is 2.12 bits per heavy atom. The summed E-state index contributed by atoms with van der Waals surface area (Å²) in [5.41, 5.74) is 0.459. The molecule has 0 unspecified atom stereocenters. The molecule has 0 aromatic heterocycles. The lowest BCUT2D eigenvalue weighted by Gasteiger charge is -2.21. The summed E-state index contributed by atoms with van der Waals surface area (Å²) in [6.45, 7) is 4.60. The summed E-state index contributed by atoms with van der Waals surface area (Å²) in [4.78, 5) is 0. The van der Waals surface area contributed by atoms with Crippen LogP contribution in [0.25, 0.3) is 0 Å². The largest absolute Gasteiger partial charge is 0.396 e. The van der Waals surface area contributed by atoms with Crippen molar-refractivity contribution in [2.24, 2.45) is 5.41 Å². The third kappa shape index (κ3) is 4.08. The van der Waals surface area contributed by atoms with Gasteiger partial charge in [0, 0.05) is 5.41 Å². The quantitative estimate of drug-likeness (QED) is 0.866. The molecule has 0 atom stereocenters. The molecule has 0 saturated heterocycles. The molecule has 0 spiro atoms. The maximum atomic E-state index is 13.1. The van der Waals surface area contributed by atoms with Crippen molar-refractivity contribution in [2.45, 2.75) is 20.5 Å². The van der Waals surface area contributed by atoms with Crippen LogP contribution in [0.15, 0.2) is 18.2 Å². The van der Waals surface area contributed by atoms with Gasteiger partial charge in [-0.1, -0.05) is 31.5 Å². The molecule has 1 rings (SSSR count). The predicted octanol–water partition coefficient (Wildman–Crippen LogP) is 3.01. The smallest absolute Gasteiger partial charge is 0.142 e. The third-order valence-electron chi connectivity index (χ3n) is 2.17. The molecule has 0 aliphatic carbocycles. The van der Waals surface area contributed by atoms with E-state index in [0.717, 1.165) is 5.56 Å². The summed E-state index contributed by atoms with van der Waals surface area (Å²) in [5.74, 6) is -0.441. The molecular formula is C12H16ClFO2. The van der Waals surface area contributed by atoms with E-state index in [1.807, 2.05) is 13.8 Å². The number of aliphatic hydroxyl groups excluding tert-OH is 1. The molecule has 0 fully saturated rings. The Morgan fingerprint density at radius 3 is 2.69 bits per heavy atom. The van der Waals surface area contributed by atoms with Gasteiger partial charge >= 0.3 is 0 Å². The summed E-state index contributed by atoms with van der Waals surface area (Å²) in [6, 6.07) is 4.58. The molecule has 0 saturated carbocycles. The van der Waals surface area contributed by atoms with Crippen LogP contribution in [-0.4, -0.2) is 18.3 Å². The molecule has 2 nitrogen and oxygen atoms in total. The summed E-state index contributed by atoms with van der Waals surface area (Å²) in [5, 5.41) is 9.12. The first-order valence-corrected chi connectivity index (χ1v) is 5.45. The summed E-state index contributed by atoms with van der Waals surface area (Å²) in [7, 11) is 0. The Hall–Kier alpha value is -0.640. The standard InChI is InChI=1S/C12H16ClFO2/c1-12(2,7-15)8-16-6-9-3-4-10(13)11(14)5-9/h3-5,15H,6-8H2,1-2H3. The Morgan fingerprint density at radius 1 is 1.44 bits per heavy atom. The van der Waals surface area contributed by atoms with Gasteiger partial charge in [0.15, 0.2) is 0 Å². The third-order valence-corrected chi connectivity index (χ3v) is 2.48. The van der Waals surface area contributed by atoms with Gasteiger partial charge in [-0.25, -0.2) is 4.39 Å². The highest BCUT2D eigenvalue weighted by Crippen LogP contribution is 2.18. The van der Waals surface area contributed by atoms with Crippen molar-refractivity contribution >= 4 is 11.6 Å². The number of benzene rings is 1. The highest BCUT2D eigenvalue weighted by atomic mass is 35.5. The van der Waals surface area contributed by atoms with Crippen molar-refractivity contribution in [3.05, 3.63) is 34.6 Å². The van der Waals surface area contributed by atoms with Crippen LogP contribution >= 0.6 is 11.6 Å². The molecule has 4 heteroatoms. The second kappa shape index (κ2) is 5.62. The van der Waals surface area contributed by atoms with Gasteiger partial charge in [0.2, 0.25) is 0 Å². The molecule has 90 valence electrons. The number of hydrogen-bond acceptors (Lipinski definition) is 2. The van der Waals surface area contributed by atoms with Crippen LogP contribution in [0, 0.1) is 11.2 Å². The normalized spacial score (nSPS) is 11.8. The molecule has 0 heterocycles. The van der Waals surface area contributed by atoms with Gasteiger partial charge in [0.25, 0.3) is 0 Å². The van der Waals surface area contributed by atoms with Crippen molar-refractivity contribution in [1.29, 1.82) is 0 Å². The molecule has 0 amide bonds. The van der Waals surface area contributed by atoms with Crippen LogP contribution in [0.1, 0.15) is 19.4 Å². The molecule has 1 aromatic rings. The first-order valence-electron chi connectivity index (χ1n) is 5.07. The predicted molar refractivity (Wildman–Crippen MR) is 61.9 cm³/mol. The molecule has 0 aliphatic rings. The van der Waals surface area contributed by atoms with Crippen LogP contribution in [0.5, 0.6) is 0 Å². The first kappa shape index (κ1) is 13.4. The van der Waals surface area contributed by atoms with Crippen LogP contribution in [0.4, 0.5) is 4.39 Å². The van der Waals surface area contributed by atoms with Crippen molar-refractivity contribution < 1.29 is 14.2 Å². The Labute approximate surface area is 100.0 Å². The van der Waals surface area contributed by atoms with E-state index in [1.165, 1.54) is 12.1 Å². The zero-order valence-electron chi connectivity index (χ0n) is 9.46. The van der Waals surface area contributed by atoms with E-state index in [9.17, 15) is 4.39 Å². The van der Waals surface area contributed by atoms with Crippen LogP contribution in [-0.2, 0) is 11.3 Å². The van der Waals surface area contributed by atoms with Gasteiger partial charge in [0.1, 0.15) is 5.82 Å². The minimum absolute atomic E-state index is 0.0575. The summed E-state index contributed by atoms with van der Waals surface area (Å²) >= 11 is 5.56. The van der Waals surface area contributed by atoms with E-state index in [1.54, 1.807) is 6.07 Å². The maximum Gasteiger partial charge on any atom is 0.142 e. The van der Waals surface area contributed by atoms with Crippen LogP contribution < -0.4 is 0 Å². The van der Waals surface area contributed by atoms with Gasteiger partial charge in [-0.15, -0.1) is 0 Å². The Bertz CT molecular complexity index is 353. The van der Waals surface area contributed by atoms with Gasteiger partial charge in [-0.3, -0.25) is 0 Å². The highest BCUT2D eigenvalue weighted by molar-refractivity contribution is 6.30. The molecule has 0 radical (unpaired) electrons. The van der Waals surface area contributed by atoms with Crippen LogP contribution in [0.3, 0.4) is 0 Å². The van der Waals surface area contributed by atoms with E-state index >= 15 is 0 Å². The average molecular weight is 247 g/mol. The van der Waals surface area contributed by atoms with Crippen molar-refractivity contribution in [3.63, 3.8) is 0 Å². The van der Waals surface area contributed by atoms with E-state index in [0.29, 0.717) is 13.2 Å². The average Bonchev–Trinajstić information content (AvgIpc) is 2.23. The Balaban J connectivity index is 2.46. The van der Waals surface area contributed by atoms with E-state index in [2.05, 4.69) is 0 Å². The monoisotopic (exact) mass is 246 g/mol. The summed E-state index contributed by atoms with van der Waals surface area (Å²) in [6.07, 6.45) is 0. The van der Waals surface area contributed by atoms with Gasteiger partial charge in [-0.2, -0.15) is 0 Å². The molecule has 1 aromatic carbocycles. The Kier molecular flexibility index (Phi) is 4.71. The van der Waals surface area contributed by atoms with Crippen molar-refractivity contribution in [2.75, 3.05) is 13.2 Å². The highest BCUT2D eigenvalue weighted by Gasteiger charge is 2.16. The number of aliphatic hydroxyl groups is 1. The zero-order valence-corrected chi connectivity index (χ0v) is 10.2. The molecule has 16 heavy (non-hydrogen) atoms. The van der Waals surface area contributed by atoms with E-state index in [4.69, 9.17) is 21.4 Å². The zero-order chi connectivity index (χ0) is 12.2. The number of ether oxygens (including phenoxy) is 1. The van der Waals surface area contributed by atoms with Crippen LogP contribution in [0.2, 0.25) is 5.02 Å². The van der Waals surface area contributed by atoms with Gasteiger partial charge in [-0.05, 0) is 17.7 Å². The summed E-state index contributed by atoms with van der Waals surface area (Å²) < 4.78 is 18.5. The fourth-order valence-corrected chi connectivity index (χ4v) is 1.24. The molecular weight excluding hydrogens is 231 g/mol. The first-order chi connectivity index (χ1) is 7.44. The maximum absolute atomic E-state index is 13.1. The lowest BCUT2D eigenvalue weighted by Crippen LogP contribution is -2.23.